The zero-order chi connectivity index (χ0) is 12.5. The molecule has 0 aliphatic rings. The molecule has 3 heteroatoms. The van der Waals surface area contributed by atoms with Crippen molar-refractivity contribution in [2.45, 2.75) is 32.8 Å². The molecule has 0 aliphatic heterocycles. The van der Waals surface area contributed by atoms with E-state index < -0.39 is 5.97 Å². The molecule has 1 N–H and O–H groups in total. The van der Waals surface area contributed by atoms with Gasteiger partial charge in [-0.05, 0) is 24.3 Å². The van der Waals surface area contributed by atoms with E-state index in [0.29, 0.717) is 19.1 Å². The van der Waals surface area contributed by atoms with Gasteiger partial charge in [-0.25, -0.2) is 0 Å². The van der Waals surface area contributed by atoms with Crippen LogP contribution in [0, 0.1) is 5.92 Å². The lowest BCUT2D eigenvalue weighted by molar-refractivity contribution is -0.137. The molecular weight excluding hydrogens is 216 g/mol. The molecule has 1 rings (SSSR count). The number of rotatable bonds is 8. The zero-order valence-corrected chi connectivity index (χ0v) is 10.3. The molecule has 3 nitrogen and oxygen atoms in total. The van der Waals surface area contributed by atoms with Gasteiger partial charge in [-0.3, -0.25) is 4.79 Å². The lowest BCUT2D eigenvalue weighted by atomic mass is 10.0. The molecule has 0 aromatic heterocycles. The first-order valence-corrected chi connectivity index (χ1v) is 6.02. The van der Waals surface area contributed by atoms with E-state index >= 15 is 0 Å². The molecule has 0 spiro atoms. The molecule has 0 saturated heterocycles. The first kappa shape index (κ1) is 13.7. The highest BCUT2D eigenvalue weighted by Gasteiger charge is 2.05. The molecule has 94 valence electrons. The first-order chi connectivity index (χ1) is 8.18. The second-order valence-electron chi connectivity index (χ2n) is 4.36. The van der Waals surface area contributed by atoms with Gasteiger partial charge in [0, 0.05) is 13.0 Å². The van der Waals surface area contributed by atoms with Gasteiger partial charge in [0.1, 0.15) is 0 Å². The molecule has 1 aromatic rings. The van der Waals surface area contributed by atoms with E-state index in [9.17, 15) is 4.79 Å². The van der Waals surface area contributed by atoms with E-state index in [4.69, 9.17) is 9.84 Å². The van der Waals surface area contributed by atoms with Crippen molar-refractivity contribution >= 4 is 5.97 Å². The normalized spacial score (nSPS) is 12.3. The summed E-state index contributed by atoms with van der Waals surface area (Å²) in [6, 6.07) is 10.0. The summed E-state index contributed by atoms with van der Waals surface area (Å²) >= 11 is 0. The second-order valence-corrected chi connectivity index (χ2v) is 4.36. The number of carboxylic acids is 1. The average molecular weight is 236 g/mol. The number of benzene rings is 1. The Kier molecular flexibility index (Phi) is 6.33. The number of hydrogen-bond acceptors (Lipinski definition) is 2. The van der Waals surface area contributed by atoms with Crippen LogP contribution < -0.4 is 0 Å². The molecule has 1 atom stereocenters. The monoisotopic (exact) mass is 236 g/mol. The van der Waals surface area contributed by atoms with Gasteiger partial charge >= 0.3 is 5.97 Å². The Morgan fingerprint density at radius 2 is 2.00 bits per heavy atom. The van der Waals surface area contributed by atoms with Crippen molar-refractivity contribution < 1.29 is 14.6 Å². The Hall–Kier alpha value is -1.35. The maximum absolute atomic E-state index is 10.4. The van der Waals surface area contributed by atoms with E-state index in [1.807, 2.05) is 30.3 Å². The summed E-state index contributed by atoms with van der Waals surface area (Å²) < 4.78 is 5.55. The quantitative estimate of drug-likeness (QED) is 0.705. The Morgan fingerprint density at radius 1 is 1.29 bits per heavy atom. The summed E-state index contributed by atoms with van der Waals surface area (Å²) in [7, 11) is 0. The van der Waals surface area contributed by atoms with Crippen molar-refractivity contribution in [3.8, 4) is 0 Å². The van der Waals surface area contributed by atoms with Gasteiger partial charge in [-0.15, -0.1) is 0 Å². The predicted octanol–water partition coefficient (Wildman–Crippen LogP) is 3.09. The summed E-state index contributed by atoms with van der Waals surface area (Å²) in [4.78, 5) is 10.4. The molecule has 0 amide bonds. The van der Waals surface area contributed by atoms with Crippen molar-refractivity contribution in [2.24, 2.45) is 5.92 Å². The van der Waals surface area contributed by atoms with Crippen molar-refractivity contribution in [1.82, 2.24) is 0 Å². The largest absolute Gasteiger partial charge is 0.481 e. The maximum Gasteiger partial charge on any atom is 0.303 e. The van der Waals surface area contributed by atoms with Crippen molar-refractivity contribution in [2.75, 3.05) is 6.61 Å². The summed E-state index contributed by atoms with van der Waals surface area (Å²) in [5, 5.41) is 8.55. The van der Waals surface area contributed by atoms with Gasteiger partial charge in [0.15, 0.2) is 0 Å². The van der Waals surface area contributed by atoms with Crippen molar-refractivity contribution in [1.29, 1.82) is 0 Å². The highest BCUT2D eigenvalue weighted by Crippen LogP contribution is 2.11. The second kappa shape index (κ2) is 7.85. The van der Waals surface area contributed by atoms with Crippen LogP contribution in [0.4, 0.5) is 0 Å². The number of hydrogen-bond donors (Lipinski definition) is 1. The maximum atomic E-state index is 10.4. The zero-order valence-electron chi connectivity index (χ0n) is 10.3. The standard InChI is InChI=1S/C14H20O3/c1-12(7-8-14(15)16)9-10-17-11-13-5-3-2-4-6-13/h2-6,12H,7-11H2,1H3,(H,15,16). The number of carbonyl (C=O) groups is 1. The molecule has 1 unspecified atom stereocenters. The van der Waals surface area contributed by atoms with Crippen LogP contribution >= 0.6 is 0 Å². The SMILES string of the molecule is CC(CCOCc1ccccc1)CCC(=O)O. The van der Waals surface area contributed by atoms with E-state index in [2.05, 4.69) is 6.92 Å². The third-order valence-corrected chi connectivity index (χ3v) is 2.72. The van der Waals surface area contributed by atoms with Crippen molar-refractivity contribution in [3.63, 3.8) is 0 Å². The fourth-order valence-electron chi connectivity index (χ4n) is 1.56. The summed E-state index contributed by atoms with van der Waals surface area (Å²) in [6.45, 7) is 3.39. The fourth-order valence-corrected chi connectivity index (χ4v) is 1.56. The fraction of sp³-hybridized carbons (Fsp3) is 0.500. The van der Waals surface area contributed by atoms with E-state index in [1.165, 1.54) is 5.56 Å². The molecule has 0 fully saturated rings. The lowest BCUT2D eigenvalue weighted by Gasteiger charge is -2.10. The van der Waals surface area contributed by atoms with Gasteiger partial charge < -0.3 is 9.84 Å². The minimum atomic E-state index is -0.720. The lowest BCUT2D eigenvalue weighted by Crippen LogP contribution is -2.05. The first-order valence-electron chi connectivity index (χ1n) is 6.02. The van der Waals surface area contributed by atoms with Crippen LogP contribution in [-0.4, -0.2) is 17.7 Å². The number of carboxylic acid groups (broad SMARTS) is 1. The molecule has 1 aromatic carbocycles. The summed E-state index contributed by atoms with van der Waals surface area (Å²) in [6.07, 6.45) is 1.89. The minimum Gasteiger partial charge on any atom is -0.481 e. The Balaban J connectivity index is 2.06. The predicted molar refractivity (Wildman–Crippen MR) is 66.7 cm³/mol. The van der Waals surface area contributed by atoms with Gasteiger partial charge in [-0.2, -0.15) is 0 Å². The van der Waals surface area contributed by atoms with Crippen LogP contribution in [0.3, 0.4) is 0 Å². The Morgan fingerprint density at radius 3 is 2.65 bits per heavy atom. The van der Waals surface area contributed by atoms with Gasteiger partial charge in [-0.1, -0.05) is 37.3 Å². The smallest absolute Gasteiger partial charge is 0.303 e. The summed E-state index contributed by atoms with van der Waals surface area (Å²) in [5.41, 5.74) is 1.17. The van der Waals surface area contributed by atoms with E-state index in [-0.39, 0.29) is 6.42 Å². The Bertz CT molecular complexity index is 321. The molecule has 0 aliphatic carbocycles. The average Bonchev–Trinajstić information content (AvgIpc) is 2.33. The van der Waals surface area contributed by atoms with Gasteiger partial charge in [0.05, 0.1) is 6.61 Å². The molecular formula is C14H20O3. The highest BCUT2D eigenvalue weighted by molar-refractivity contribution is 5.66. The van der Waals surface area contributed by atoms with Crippen LogP contribution in [0.15, 0.2) is 30.3 Å². The van der Waals surface area contributed by atoms with Crippen molar-refractivity contribution in [3.05, 3.63) is 35.9 Å². The molecule has 0 radical (unpaired) electrons. The molecule has 0 heterocycles. The molecule has 0 saturated carbocycles. The van der Waals surface area contributed by atoms with Crippen LogP contribution in [0.2, 0.25) is 0 Å². The van der Waals surface area contributed by atoms with Gasteiger partial charge in [0.2, 0.25) is 0 Å². The Labute approximate surface area is 102 Å². The highest BCUT2D eigenvalue weighted by atomic mass is 16.5. The number of aliphatic carboxylic acids is 1. The minimum absolute atomic E-state index is 0.250. The van der Waals surface area contributed by atoms with Crippen LogP contribution in [0.1, 0.15) is 31.7 Å². The molecule has 0 bridgehead atoms. The third-order valence-electron chi connectivity index (χ3n) is 2.72. The summed E-state index contributed by atoms with van der Waals surface area (Å²) in [5.74, 6) is -0.316. The van der Waals surface area contributed by atoms with Crippen LogP contribution in [0.5, 0.6) is 0 Å². The van der Waals surface area contributed by atoms with Crippen LogP contribution in [0.25, 0.3) is 0 Å². The van der Waals surface area contributed by atoms with Gasteiger partial charge in [0.25, 0.3) is 0 Å². The topological polar surface area (TPSA) is 46.5 Å². The number of ether oxygens (including phenoxy) is 1. The van der Waals surface area contributed by atoms with E-state index in [0.717, 1.165) is 12.8 Å². The molecule has 17 heavy (non-hydrogen) atoms. The van der Waals surface area contributed by atoms with E-state index in [1.54, 1.807) is 0 Å². The third kappa shape index (κ3) is 6.74. The van der Waals surface area contributed by atoms with Crippen LogP contribution in [-0.2, 0) is 16.1 Å².